The van der Waals surface area contributed by atoms with E-state index in [0.29, 0.717) is 18.7 Å². The molecule has 0 saturated heterocycles. The van der Waals surface area contributed by atoms with E-state index in [1.165, 1.54) is 24.6 Å². The van der Waals surface area contributed by atoms with Gasteiger partial charge in [0, 0.05) is 12.7 Å². The van der Waals surface area contributed by atoms with Gasteiger partial charge in [0.05, 0.1) is 19.4 Å². The van der Waals surface area contributed by atoms with Gasteiger partial charge in [0.15, 0.2) is 0 Å². The highest BCUT2D eigenvalue weighted by Gasteiger charge is 2.28. The minimum absolute atomic E-state index is 0.0504. The van der Waals surface area contributed by atoms with Crippen LogP contribution in [0.1, 0.15) is 11.3 Å². The van der Waals surface area contributed by atoms with Gasteiger partial charge in [0.2, 0.25) is 15.9 Å². The lowest BCUT2D eigenvalue weighted by Crippen LogP contribution is -2.40. The third kappa shape index (κ3) is 5.90. The fraction of sp³-hybridized carbons (Fsp3) is 0.200. The number of furan rings is 1. The first-order chi connectivity index (χ1) is 13.9. The number of benzene rings is 1. The Kier molecular flexibility index (Phi) is 7.03. The molecule has 0 bridgehead atoms. The van der Waals surface area contributed by atoms with Crippen molar-refractivity contribution in [2.24, 2.45) is 0 Å². The summed E-state index contributed by atoms with van der Waals surface area (Å²) in [5.41, 5.74) is 1.08. The van der Waals surface area contributed by atoms with Gasteiger partial charge in [-0.3, -0.25) is 4.79 Å². The zero-order chi connectivity index (χ0) is 20.7. The van der Waals surface area contributed by atoms with Crippen LogP contribution in [0.2, 0.25) is 5.15 Å². The summed E-state index contributed by atoms with van der Waals surface area (Å²) in [5, 5.41) is 2.94. The molecule has 152 valence electrons. The lowest BCUT2D eigenvalue weighted by Gasteiger charge is -2.20. The zero-order valence-corrected chi connectivity index (χ0v) is 17.1. The van der Waals surface area contributed by atoms with Crippen LogP contribution in [0.25, 0.3) is 0 Å². The molecule has 0 radical (unpaired) electrons. The molecular weight excluding hydrogens is 414 g/mol. The number of sulfonamides is 1. The van der Waals surface area contributed by atoms with Crippen molar-refractivity contribution in [2.75, 3.05) is 13.1 Å². The monoisotopic (exact) mass is 433 g/mol. The molecule has 1 N–H and O–H groups in total. The highest BCUT2D eigenvalue weighted by atomic mass is 35.5. The summed E-state index contributed by atoms with van der Waals surface area (Å²) >= 11 is 5.75. The number of rotatable bonds is 9. The van der Waals surface area contributed by atoms with Gasteiger partial charge < -0.3 is 9.73 Å². The molecule has 1 aromatic carbocycles. The number of nitrogens with zero attached hydrogens (tertiary/aromatic N) is 2. The van der Waals surface area contributed by atoms with Crippen molar-refractivity contribution in [1.29, 1.82) is 0 Å². The first-order valence-corrected chi connectivity index (χ1v) is 10.7. The van der Waals surface area contributed by atoms with Crippen LogP contribution in [0.15, 0.2) is 76.4 Å². The second-order valence-corrected chi connectivity index (χ2v) is 8.58. The second kappa shape index (κ2) is 9.69. The van der Waals surface area contributed by atoms with E-state index in [1.807, 2.05) is 30.3 Å². The number of carbonyl (C=O) groups excluding carboxylic acids is 1. The molecule has 0 fully saturated rings. The van der Waals surface area contributed by atoms with Crippen molar-refractivity contribution in [1.82, 2.24) is 14.6 Å². The Labute approximate surface area is 174 Å². The van der Waals surface area contributed by atoms with Crippen molar-refractivity contribution in [3.8, 4) is 0 Å². The van der Waals surface area contributed by atoms with Gasteiger partial charge in [0.25, 0.3) is 0 Å². The molecule has 29 heavy (non-hydrogen) atoms. The van der Waals surface area contributed by atoms with Gasteiger partial charge in [-0.25, -0.2) is 13.4 Å². The first-order valence-electron chi connectivity index (χ1n) is 8.90. The lowest BCUT2D eigenvalue weighted by atomic mass is 10.1. The highest BCUT2D eigenvalue weighted by molar-refractivity contribution is 7.89. The Bertz CT molecular complexity index is 1020. The van der Waals surface area contributed by atoms with Crippen molar-refractivity contribution in [2.45, 2.75) is 17.9 Å². The minimum Gasteiger partial charge on any atom is -0.468 e. The lowest BCUT2D eigenvalue weighted by molar-refractivity contribution is -0.121. The summed E-state index contributed by atoms with van der Waals surface area (Å²) < 4.78 is 32.4. The Morgan fingerprint density at radius 1 is 1.10 bits per heavy atom. The van der Waals surface area contributed by atoms with Crippen LogP contribution < -0.4 is 5.32 Å². The van der Waals surface area contributed by atoms with E-state index >= 15 is 0 Å². The Balaban J connectivity index is 1.69. The fourth-order valence-electron chi connectivity index (χ4n) is 2.67. The molecule has 2 heterocycles. The molecule has 1 amide bonds. The van der Waals surface area contributed by atoms with Gasteiger partial charge in [-0.05, 0) is 36.2 Å². The van der Waals surface area contributed by atoms with Crippen molar-refractivity contribution in [3.63, 3.8) is 0 Å². The van der Waals surface area contributed by atoms with E-state index in [4.69, 9.17) is 16.0 Å². The molecule has 0 unspecified atom stereocenters. The molecule has 2 aromatic heterocycles. The zero-order valence-electron chi connectivity index (χ0n) is 15.5. The van der Waals surface area contributed by atoms with Crippen molar-refractivity contribution >= 4 is 27.5 Å². The molecular formula is C20H20ClN3O4S. The maximum absolute atomic E-state index is 13.0. The van der Waals surface area contributed by atoms with Crippen LogP contribution in [0.4, 0.5) is 0 Å². The SMILES string of the molecule is O=C(CN(Cc1ccco1)S(=O)(=O)c1ccc(Cl)nc1)NCCc1ccccc1. The molecule has 3 rings (SSSR count). The number of halogens is 1. The van der Waals surface area contributed by atoms with Gasteiger partial charge >= 0.3 is 0 Å². The molecule has 7 nitrogen and oxygen atoms in total. The topological polar surface area (TPSA) is 92.5 Å². The summed E-state index contributed by atoms with van der Waals surface area (Å²) in [6.45, 7) is -0.0233. The van der Waals surface area contributed by atoms with E-state index in [-0.39, 0.29) is 23.1 Å². The van der Waals surface area contributed by atoms with Gasteiger partial charge in [-0.1, -0.05) is 41.9 Å². The maximum atomic E-state index is 13.0. The predicted molar refractivity (Wildman–Crippen MR) is 109 cm³/mol. The predicted octanol–water partition coefficient (Wildman–Crippen LogP) is 2.88. The van der Waals surface area contributed by atoms with Crippen LogP contribution in [0, 0.1) is 0 Å². The molecule has 0 aliphatic heterocycles. The number of amides is 1. The van der Waals surface area contributed by atoms with E-state index in [0.717, 1.165) is 9.87 Å². The fourth-order valence-corrected chi connectivity index (χ4v) is 4.09. The number of aromatic nitrogens is 1. The Morgan fingerprint density at radius 2 is 1.90 bits per heavy atom. The quantitative estimate of drug-likeness (QED) is 0.524. The number of hydrogen-bond acceptors (Lipinski definition) is 5. The highest BCUT2D eigenvalue weighted by Crippen LogP contribution is 2.19. The number of pyridine rings is 1. The summed E-state index contributed by atoms with van der Waals surface area (Å²) in [6, 6.07) is 15.8. The van der Waals surface area contributed by atoms with Crippen LogP contribution in [0.5, 0.6) is 0 Å². The Morgan fingerprint density at radius 3 is 2.55 bits per heavy atom. The molecule has 0 aliphatic carbocycles. The van der Waals surface area contributed by atoms with Crippen LogP contribution in [-0.2, 0) is 27.8 Å². The largest absolute Gasteiger partial charge is 0.468 e. The third-order valence-corrected chi connectivity index (χ3v) is 6.15. The third-order valence-electron chi connectivity index (χ3n) is 4.15. The van der Waals surface area contributed by atoms with E-state index < -0.39 is 15.9 Å². The molecule has 0 spiro atoms. The van der Waals surface area contributed by atoms with E-state index in [9.17, 15) is 13.2 Å². The number of hydrogen-bond donors (Lipinski definition) is 1. The maximum Gasteiger partial charge on any atom is 0.245 e. The van der Waals surface area contributed by atoms with Crippen molar-refractivity contribution in [3.05, 3.63) is 83.5 Å². The average molecular weight is 434 g/mol. The van der Waals surface area contributed by atoms with Gasteiger partial charge in [-0.15, -0.1) is 0 Å². The smallest absolute Gasteiger partial charge is 0.245 e. The Hall–Kier alpha value is -2.68. The number of carbonyl (C=O) groups is 1. The van der Waals surface area contributed by atoms with E-state index in [2.05, 4.69) is 10.3 Å². The van der Waals surface area contributed by atoms with Crippen LogP contribution >= 0.6 is 11.6 Å². The van der Waals surface area contributed by atoms with Crippen LogP contribution in [0.3, 0.4) is 0 Å². The summed E-state index contributed by atoms with van der Waals surface area (Å²) in [7, 11) is -3.97. The molecule has 9 heteroatoms. The first kappa shape index (κ1) is 21.0. The molecule has 3 aromatic rings. The average Bonchev–Trinajstić information content (AvgIpc) is 3.22. The molecule has 0 atom stereocenters. The molecule has 0 saturated carbocycles. The van der Waals surface area contributed by atoms with Gasteiger partial charge in [0.1, 0.15) is 15.8 Å². The summed E-state index contributed by atoms with van der Waals surface area (Å²) in [4.78, 5) is 16.2. The van der Waals surface area contributed by atoms with Crippen molar-refractivity contribution < 1.29 is 17.6 Å². The normalized spacial score (nSPS) is 11.5. The van der Waals surface area contributed by atoms with E-state index in [1.54, 1.807) is 12.1 Å². The second-order valence-electron chi connectivity index (χ2n) is 6.25. The minimum atomic E-state index is -3.97. The molecule has 0 aliphatic rings. The summed E-state index contributed by atoms with van der Waals surface area (Å²) in [6.07, 6.45) is 3.27. The standard InChI is InChI=1S/C20H20ClN3O4S/c21-19-9-8-18(13-23-19)29(26,27)24(14-17-7-4-12-28-17)15-20(25)22-11-10-16-5-2-1-3-6-16/h1-9,12-13H,10-11,14-15H2,(H,22,25). The van der Waals surface area contributed by atoms with Crippen LogP contribution in [-0.4, -0.2) is 36.7 Å². The van der Waals surface area contributed by atoms with Gasteiger partial charge in [-0.2, -0.15) is 4.31 Å². The number of nitrogens with one attached hydrogen (secondary N) is 1. The summed E-state index contributed by atoms with van der Waals surface area (Å²) in [5.74, 6) is 0.0190.